The summed E-state index contributed by atoms with van der Waals surface area (Å²) in [5, 5.41) is 0. The Morgan fingerprint density at radius 2 is 2.29 bits per heavy atom. The summed E-state index contributed by atoms with van der Waals surface area (Å²) in [7, 11) is 0. The van der Waals surface area contributed by atoms with Gasteiger partial charge in [0.2, 0.25) is 0 Å². The SMILES string of the molecule is NCC1CCCC(Cc2cocn2)C1. The Kier molecular flexibility index (Phi) is 3.19. The maximum Gasteiger partial charge on any atom is 0.180 e. The van der Waals surface area contributed by atoms with Crippen molar-refractivity contribution in [3.63, 3.8) is 0 Å². The summed E-state index contributed by atoms with van der Waals surface area (Å²) in [5.41, 5.74) is 6.80. The van der Waals surface area contributed by atoms with Crippen molar-refractivity contribution in [1.29, 1.82) is 0 Å². The summed E-state index contributed by atoms with van der Waals surface area (Å²) in [6.45, 7) is 0.843. The molecule has 2 N–H and O–H groups in total. The highest BCUT2D eigenvalue weighted by molar-refractivity contribution is 4.94. The van der Waals surface area contributed by atoms with E-state index in [1.54, 1.807) is 6.26 Å². The van der Waals surface area contributed by atoms with Crippen LogP contribution in [-0.4, -0.2) is 11.5 Å². The smallest absolute Gasteiger partial charge is 0.180 e. The lowest BCUT2D eigenvalue weighted by atomic mass is 9.79. The van der Waals surface area contributed by atoms with Crippen molar-refractivity contribution in [2.45, 2.75) is 32.1 Å². The third-order valence-electron chi connectivity index (χ3n) is 3.21. The van der Waals surface area contributed by atoms with E-state index in [1.807, 2.05) is 0 Å². The molecule has 1 heterocycles. The number of rotatable bonds is 3. The van der Waals surface area contributed by atoms with E-state index in [0.717, 1.165) is 30.5 Å². The standard InChI is InChI=1S/C11H18N2O/c12-6-10-3-1-2-9(4-10)5-11-7-14-8-13-11/h7-10H,1-6,12H2. The van der Waals surface area contributed by atoms with E-state index in [2.05, 4.69) is 4.98 Å². The van der Waals surface area contributed by atoms with Gasteiger partial charge in [-0.05, 0) is 37.6 Å². The second kappa shape index (κ2) is 4.60. The molecule has 1 saturated carbocycles. The van der Waals surface area contributed by atoms with Gasteiger partial charge in [-0.15, -0.1) is 0 Å². The highest BCUT2D eigenvalue weighted by Crippen LogP contribution is 2.30. The first-order chi connectivity index (χ1) is 6.88. The third kappa shape index (κ3) is 2.35. The fourth-order valence-corrected chi connectivity index (χ4v) is 2.44. The first-order valence-corrected chi connectivity index (χ1v) is 5.45. The normalized spacial score (nSPS) is 27.8. The Morgan fingerprint density at radius 3 is 3.00 bits per heavy atom. The van der Waals surface area contributed by atoms with Crippen molar-refractivity contribution in [3.8, 4) is 0 Å². The van der Waals surface area contributed by atoms with Crippen LogP contribution in [0.4, 0.5) is 0 Å². The molecule has 1 aliphatic carbocycles. The molecule has 2 rings (SSSR count). The minimum atomic E-state index is 0.737. The Hall–Kier alpha value is -0.830. The molecule has 0 bridgehead atoms. The molecule has 3 nitrogen and oxygen atoms in total. The van der Waals surface area contributed by atoms with Gasteiger partial charge >= 0.3 is 0 Å². The highest BCUT2D eigenvalue weighted by Gasteiger charge is 2.21. The van der Waals surface area contributed by atoms with Crippen LogP contribution < -0.4 is 5.73 Å². The molecule has 3 heteroatoms. The van der Waals surface area contributed by atoms with Crippen LogP contribution in [0.3, 0.4) is 0 Å². The van der Waals surface area contributed by atoms with Gasteiger partial charge in [0.15, 0.2) is 6.39 Å². The van der Waals surface area contributed by atoms with Crippen molar-refractivity contribution in [3.05, 3.63) is 18.4 Å². The second-order valence-electron chi connectivity index (χ2n) is 4.32. The Labute approximate surface area is 84.7 Å². The average Bonchev–Trinajstić information content (AvgIpc) is 2.71. The summed E-state index contributed by atoms with van der Waals surface area (Å²) in [5.74, 6) is 1.50. The van der Waals surface area contributed by atoms with Gasteiger partial charge in [0.1, 0.15) is 6.26 Å². The van der Waals surface area contributed by atoms with Crippen LogP contribution in [0.5, 0.6) is 0 Å². The summed E-state index contributed by atoms with van der Waals surface area (Å²) in [6, 6.07) is 0. The summed E-state index contributed by atoms with van der Waals surface area (Å²) in [4.78, 5) is 4.16. The Morgan fingerprint density at radius 1 is 1.43 bits per heavy atom. The molecular weight excluding hydrogens is 176 g/mol. The van der Waals surface area contributed by atoms with Gasteiger partial charge in [-0.25, -0.2) is 4.98 Å². The minimum absolute atomic E-state index is 0.737. The topological polar surface area (TPSA) is 52.0 Å². The lowest BCUT2D eigenvalue weighted by Crippen LogP contribution is -2.23. The fourth-order valence-electron chi connectivity index (χ4n) is 2.44. The van der Waals surface area contributed by atoms with Crippen molar-refractivity contribution in [2.24, 2.45) is 17.6 Å². The Balaban J connectivity index is 1.86. The number of nitrogens with zero attached hydrogens (tertiary/aromatic N) is 1. The number of oxazole rings is 1. The van der Waals surface area contributed by atoms with Crippen LogP contribution >= 0.6 is 0 Å². The van der Waals surface area contributed by atoms with E-state index in [1.165, 1.54) is 32.1 Å². The largest absolute Gasteiger partial charge is 0.451 e. The molecule has 1 aliphatic rings. The van der Waals surface area contributed by atoms with E-state index >= 15 is 0 Å². The fraction of sp³-hybridized carbons (Fsp3) is 0.727. The van der Waals surface area contributed by atoms with Crippen molar-refractivity contribution >= 4 is 0 Å². The number of hydrogen-bond donors (Lipinski definition) is 1. The van der Waals surface area contributed by atoms with Crippen molar-refractivity contribution < 1.29 is 4.42 Å². The molecule has 78 valence electrons. The van der Waals surface area contributed by atoms with E-state index in [0.29, 0.717) is 0 Å². The van der Waals surface area contributed by atoms with Gasteiger partial charge in [-0.2, -0.15) is 0 Å². The second-order valence-corrected chi connectivity index (χ2v) is 4.32. The van der Waals surface area contributed by atoms with E-state index in [9.17, 15) is 0 Å². The van der Waals surface area contributed by atoms with Crippen LogP contribution in [-0.2, 0) is 6.42 Å². The van der Waals surface area contributed by atoms with Crippen LogP contribution in [0, 0.1) is 11.8 Å². The highest BCUT2D eigenvalue weighted by atomic mass is 16.3. The van der Waals surface area contributed by atoms with Crippen LogP contribution in [0.1, 0.15) is 31.4 Å². The zero-order chi connectivity index (χ0) is 9.80. The molecule has 14 heavy (non-hydrogen) atoms. The maximum atomic E-state index is 5.70. The Bertz CT molecular complexity index is 258. The lowest BCUT2D eigenvalue weighted by molar-refractivity contribution is 0.269. The first kappa shape index (κ1) is 9.71. The molecule has 0 aromatic carbocycles. The molecule has 0 saturated heterocycles. The zero-order valence-corrected chi connectivity index (χ0v) is 8.48. The molecule has 2 atom stereocenters. The van der Waals surface area contributed by atoms with Gasteiger partial charge in [-0.1, -0.05) is 12.8 Å². The molecule has 0 spiro atoms. The van der Waals surface area contributed by atoms with Crippen molar-refractivity contribution in [2.75, 3.05) is 6.54 Å². The number of hydrogen-bond acceptors (Lipinski definition) is 3. The summed E-state index contributed by atoms with van der Waals surface area (Å²) >= 11 is 0. The van der Waals surface area contributed by atoms with Crippen LogP contribution in [0.2, 0.25) is 0 Å². The number of nitrogens with two attached hydrogens (primary N) is 1. The molecule has 2 unspecified atom stereocenters. The molecule has 0 aliphatic heterocycles. The third-order valence-corrected chi connectivity index (χ3v) is 3.21. The molecule has 1 aromatic rings. The zero-order valence-electron chi connectivity index (χ0n) is 8.48. The maximum absolute atomic E-state index is 5.70. The molecule has 0 amide bonds. The van der Waals surface area contributed by atoms with E-state index < -0.39 is 0 Å². The van der Waals surface area contributed by atoms with Gasteiger partial charge in [0.05, 0.1) is 5.69 Å². The van der Waals surface area contributed by atoms with Crippen LogP contribution in [0.15, 0.2) is 17.1 Å². The number of aromatic nitrogens is 1. The minimum Gasteiger partial charge on any atom is -0.451 e. The predicted octanol–water partition coefficient (Wildman–Crippen LogP) is 1.98. The van der Waals surface area contributed by atoms with Gasteiger partial charge < -0.3 is 10.2 Å². The first-order valence-electron chi connectivity index (χ1n) is 5.45. The monoisotopic (exact) mass is 194 g/mol. The predicted molar refractivity (Wildman–Crippen MR) is 54.7 cm³/mol. The quantitative estimate of drug-likeness (QED) is 0.800. The molecule has 1 aromatic heterocycles. The summed E-state index contributed by atoms with van der Waals surface area (Å²) < 4.78 is 4.97. The molecule has 1 fully saturated rings. The van der Waals surface area contributed by atoms with E-state index in [4.69, 9.17) is 10.2 Å². The summed E-state index contributed by atoms with van der Waals surface area (Å²) in [6.07, 6.45) is 9.56. The average molecular weight is 194 g/mol. The molecule has 0 radical (unpaired) electrons. The van der Waals surface area contributed by atoms with Crippen LogP contribution in [0.25, 0.3) is 0 Å². The van der Waals surface area contributed by atoms with E-state index in [-0.39, 0.29) is 0 Å². The van der Waals surface area contributed by atoms with Crippen molar-refractivity contribution in [1.82, 2.24) is 4.98 Å². The van der Waals surface area contributed by atoms with Gasteiger partial charge in [-0.3, -0.25) is 0 Å². The lowest BCUT2D eigenvalue weighted by Gasteiger charge is -2.27. The van der Waals surface area contributed by atoms with Gasteiger partial charge in [0, 0.05) is 0 Å². The molecular formula is C11H18N2O. The van der Waals surface area contributed by atoms with Gasteiger partial charge in [0.25, 0.3) is 0 Å².